The molecule has 0 bridgehead atoms. The van der Waals surface area contributed by atoms with E-state index in [9.17, 15) is 13.2 Å². The Morgan fingerprint density at radius 2 is 1.84 bits per heavy atom. The van der Waals surface area contributed by atoms with E-state index in [1.54, 1.807) is 0 Å². The molecule has 0 aromatic carbocycles. The maximum Gasteiger partial charge on any atom is 0.345 e. The van der Waals surface area contributed by atoms with E-state index in [0.717, 1.165) is 37.0 Å². The highest BCUT2D eigenvalue weighted by Crippen LogP contribution is 2.24. The van der Waals surface area contributed by atoms with Gasteiger partial charge in [-0.15, -0.1) is 11.3 Å². The molecular weight excluding hydrogens is 288 g/mol. The van der Waals surface area contributed by atoms with E-state index >= 15 is 0 Å². The molecule has 0 aliphatic carbocycles. The van der Waals surface area contributed by atoms with Crippen molar-refractivity contribution in [2.24, 2.45) is 0 Å². The molecule has 2 N–H and O–H groups in total. The predicted molar refractivity (Wildman–Crippen MR) is 73.9 cm³/mol. The van der Waals surface area contributed by atoms with E-state index in [1.165, 1.54) is 16.4 Å². The Labute approximate surface area is 116 Å². The monoisotopic (exact) mass is 304 g/mol. The van der Waals surface area contributed by atoms with Crippen LogP contribution in [0.2, 0.25) is 0 Å². The van der Waals surface area contributed by atoms with Crippen LogP contribution < -0.4 is 4.72 Å². The first-order valence-electron chi connectivity index (χ1n) is 6.10. The van der Waals surface area contributed by atoms with Crippen LogP contribution in [0.5, 0.6) is 0 Å². The number of thiophene rings is 1. The summed E-state index contributed by atoms with van der Waals surface area (Å²) in [6.45, 7) is 1.04. The van der Waals surface area contributed by atoms with Gasteiger partial charge in [-0.25, -0.2) is 4.79 Å². The molecule has 2 rings (SSSR count). The molecule has 8 heteroatoms. The molecule has 0 atom stereocenters. The van der Waals surface area contributed by atoms with Crippen molar-refractivity contribution in [3.63, 3.8) is 0 Å². The van der Waals surface area contributed by atoms with Crippen LogP contribution >= 0.6 is 11.3 Å². The first-order chi connectivity index (χ1) is 8.99. The topological polar surface area (TPSA) is 86.7 Å². The van der Waals surface area contributed by atoms with Crippen LogP contribution in [0.1, 0.15) is 35.4 Å². The molecule has 0 unspecified atom stereocenters. The number of aromatic carboxylic acids is 1. The number of hydrogen-bond donors (Lipinski definition) is 2. The largest absolute Gasteiger partial charge is 0.477 e. The molecule has 1 aliphatic heterocycles. The molecule has 1 aliphatic rings. The Kier molecular flexibility index (Phi) is 4.43. The zero-order valence-corrected chi connectivity index (χ0v) is 12.0. The summed E-state index contributed by atoms with van der Waals surface area (Å²) >= 11 is 0.921. The van der Waals surface area contributed by atoms with Crippen LogP contribution in [0.4, 0.5) is 5.00 Å². The lowest BCUT2D eigenvalue weighted by atomic mass is 10.2. The van der Waals surface area contributed by atoms with Crippen molar-refractivity contribution >= 4 is 32.5 Å². The Balaban J connectivity index is 2.08. The van der Waals surface area contributed by atoms with Crippen LogP contribution in [0.25, 0.3) is 0 Å². The van der Waals surface area contributed by atoms with Crippen molar-refractivity contribution in [1.82, 2.24) is 4.31 Å². The summed E-state index contributed by atoms with van der Waals surface area (Å²) in [7, 11) is -3.57. The van der Waals surface area contributed by atoms with Crippen molar-refractivity contribution in [3.05, 3.63) is 17.0 Å². The predicted octanol–water partition coefficient (Wildman–Crippen LogP) is 1.98. The minimum Gasteiger partial charge on any atom is -0.477 e. The summed E-state index contributed by atoms with van der Waals surface area (Å²) in [5.74, 6) is -1.05. The lowest BCUT2D eigenvalue weighted by Crippen LogP contribution is -2.36. The number of nitrogens with one attached hydrogen (secondary N) is 1. The van der Waals surface area contributed by atoms with Crippen molar-refractivity contribution in [1.29, 1.82) is 0 Å². The van der Waals surface area contributed by atoms with Crippen molar-refractivity contribution < 1.29 is 18.3 Å². The lowest BCUT2D eigenvalue weighted by molar-refractivity contribution is 0.0702. The van der Waals surface area contributed by atoms with E-state index in [0.29, 0.717) is 18.1 Å². The second kappa shape index (κ2) is 5.89. The van der Waals surface area contributed by atoms with Gasteiger partial charge in [-0.3, -0.25) is 4.72 Å². The van der Waals surface area contributed by atoms with E-state index in [4.69, 9.17) is 5.11 Å². The lowest BCUT2D eigenvalue weighted by Gasteiger charge is -2.19. The van der Waals surface area contributed by atoms with E-state index in [1.807, 2.05) is 0 Å². The smallest absolute Gasteiger partial charge is 0.345 e. The van der Waals surface area contributed by atoms with Crippen LogP contribution in [0.15, 0.2) is 12.1 Å². The third-order valence-electron chi connectivity index (χ3n) is 2.95. The van der Waals surface area contributed by atoms with Gasteiger partial charge in [0.1, 0.15) is 9.88 Å². The summed E-state index contributed by atoms with van der Waals surface area (Å²) in [6, 6.07) is 2.87. The minimum atomic E-state index is -3.57. The molecule has 106 valence electrons. The van der Waals surface area contributed by atoms with Crippen molar-refractivity contribution in [2.45, 2.75) is 25.7 Å². The van der Waals surface area contributed by atoms with Crippen molar-refractivity contribution in [2.75, 3.05) is 17.8 Å². The Bertz CT molecular complexity index is 545. The first kappa shape index (κ1) is 14.3. The van der Waals surface area contributed by atoms with Gasteiger partial charge in [-0.05, 0) is 25.0 Å². The Hall–Kier alpha value is -1.12. The van der Waals surface area contributed by atoms with Gasteiger partial charge in [0, 0.05) is 13.1 Å². The second-order valence-electron chi connectivity index (χ2n) is 4.39. The maximum absolute atomic E-state index is 12.2. The van der Waals surface area contributed by atoms with Gasteiger partial charge < -0.3 is 5.11 Å². The van der Waals surface area contributed by atoms with Crippen LogP contribution in [0.3, 0.4) is 0 Å². The van der Waals surface area contributed by atoms with Gasteiger partial charge in [0.15, 0.2) is 0 Å². The molecule has 0 spiro atoms. The summed E-state index contributed by atoms with van der Waals surface area (Å²) in [6.07, 6.45) is 3.83. The summed E-state index contributed by atoms with van der Waals surface area (Å²) in [5.41, 5.74) is 0. The quantitative estimate of drug-likeness (QED) is 0.890. The average Bonchev–Trinajstić information content (AvgIpc) is 2.63. The molecule has 1 aromatic heterocycles. The Morgan fingerprint density at radius 3 is 2.37 bits per heavy atom. The molecule has 0 radical (unpaired) electrons. The zero-order valence-electron chi connectivity index (χ0n) is 10.3. The number of hydrogen-bond acceptors (Lipinski definition) is 4. The molecular formula is C11H16N2O4S2. The van der Waals surface area contributed by atoms with Gasteiger partial charge in [0.25, 0.3) is 0 Å². The minimum absolute atomic E-state index is 0.119. The number of carbonyl (C=O) groups is 1. The maximum atomic E-state index is 12.2. The number of nitrogens with zero attached hydrogens (tertiary/aromatic N) is 1. The van der Waals surface area contributed by atoms with E-state index in [-0.39, 0.29) is 4.88 Å². The molecule has 19 heavy (non-hydrogen) atoms. The van der Waals surface area contributed by atoms with Gasteiger partial charge >= 0.3 is 16.2 Å². The molecule has 1 saturated heterocycles. The number of carboxylic acids is 1. The highest BCUT2D eigenvalue weighted by molar-refractivity contribution is 7.90. The van der Waals surface area contributed by atoms with Crippen LogP contribution in [0, 0.1) is 0 Å². The summed E-state index contributed by atoms with van der Waals surface area (Å²) in [5, 5.41) is 9.14. The molecule has 6 nitrogen and oxygen atoms in total. The Morgan fingerprint density at radius 1 is 1.21 bits per heavy atom. The first-order valence-corrected chi connectivity index (χ1v) is 8.36. The van der Waals surface area contributed by atoms with Gasteiger partial charge in [0.2, 0.25) is 0 Å². The van der Waals surface area contributed by atoms with Gasteiger partial charge in [0.05, 0.1) is 0 Å². The zero-order chi connectivity index (χ0) is 13.9. The molecule has 1 fully saturated rings. The molecule has 2 heterocycles. The van der Waals surface area contributed by atoms with Crippen LogP contribution in [-0.4, -0.2) is 36.9 Å². The summed E-state index contributed by atoms with van der Waals surface area (Å²) < 4.78 is 28.2. The number of anilines is 1. The van der Waals surface area contributed by atoms with Gasteiger partial charge in [-0.1, -0.05) is 12.8 Å². The standard InChI is InChI=1S/C11H16N2O4S2/c14-11(15)9-5-6-10(18-9)12-19(16,17)13-7-3-1-2-4-8-13/h5-6,12H,1-4,7-8H2,(H,14,15). The number of rotatable bonds is 4. The average molecular weight is 304 g/mol. The van der Waals surface area contributed by atoms with Gasteiger partial charge in [-0.2, -0.15) is 12.7 Å². The summed E-state index contributed by atoms with van der Waals surface area (Å²) in [4.78, 5) is 10.9. The highest BCUT2D eigenvalue weighted by atomic mass is 32.2. The van der Waals surface area contributed by atoms with Crippen LogP contribution in [-0.2, 0) is 10.2 Å². The second-order valence-corrected chi connectivity index (χ2v) is 7.14. The third kappa shape index (κ3) is 3.68. The fourth-order valence-corrected chi connectivity index (χ4v) is 4.25. The third-order valence-corrected chi connectivity index (χ3v) is 5.59. The normalized spacial score (nSPS) is 17.9. The molecule has 0 saturated carbocycles. The van der Waals surface area contributed by atoms with E-state index in [2.05, 4.69) is 4.72 Å². The molecule has 1 aromatic rings. The highest BCUT2D eigenvalue weighted by Gasteiger charge is 2.23. The number of carboxylic acid groups (broad SMARTS) is 1. The van der Waals surface area contributed by atoms with Crippen molar-refractivity contribution in [3.8, 4) is 0 Å². The van der Waals surface area contributed by atoms with E-state index < -0.39 is 16.2 Å². The fraction of sp³-hybridized carbons (Fsp3) is 0.545. The SMILES string of the molecule is O=C(O)c1ccc(NS(=O)(=O)N2CCCCCC2)s1. The molecule has 0 amide bonds. The fourth-order valence-electron chi connectivity index (χ4n) is 1.98.